The van der Waals surface area contributed by atoms with E-state index >= 15 is 0 Å². The normalized spacial score (nSPS) is 13.3. The highest BCUT2D eigenvalue weighted by atomic mass is 16.5. The predicted octanol–water partition coefficient (Wildman–Crippen LogP) is 4.38. The molecule has 0 aliphatic heterocycles. The molecule has 0 bridgehead atoms. The van der Waals surface area contributed by atoms with Crippen molar-refractivity contribution < 1.29 is 4.74 Å². The lowest BCUT2D eigenvalue weighted by atomic mass is 9.86. The fourth-order valence-electron chi connectivity index (χ4n) is 1.87. The van der Waals surface area contributed by atoms with E-state index in [1.54, 1.807) is 7.11 Å². The Morgan fingerprint density at radius 3 is 2.39 bits per heavy atom. The molecule has 0 aromatic carbocycles. The Hall–Kier alpha value is -1.31. The third-order valence-corrected chi connectivity index (χ3v) is 3.15. The van der Waals surface area contributed by atoms with Crippen LogP contribution in [0.3, 0.4) is 0 Å². The molecule has 1 aromatic heterocycles. The maximum absolute atomic E-state index is 5.28. The summed E-state index contributed by atoms with van der Waals surface area (Å²) in [5, 5.41) is 0. The molecule has 0 spiro atoms. The molecule has 0 unspecified atom stereocenters. The van der Waals surface area contributed by atoms with Crippen LogP contribution in [0.2, 0.25) is 0 Å². The summed E-state index contributed by atoms with van der Waals surface area (Å²) in [6, 6.07) is 2.19. The molecule has 1 heterocycles. The van der Waals surface area contributed by atoms with Crippen molar-refractivity contribution in [1.82, 2.24) is 4.98 Å². The van der Waals surface area contributed by atoms with E-state index in [1.165, 1.54) is 11.1 Å². The van der Waals surface area contributed by atoms with Gasteiger partial charge in [-0.2, -0.15) is 0 Å². The van der Waals surface area contributed by atoms with E-state index in [1.807, 2.05) is 13.1 Å². The largest absolute Gasteiger partial charge is 0.501 e. The van der Waals surface area contributed by atoms with Gasteiger partial charge in [-0.25, -0.2) is 0 Å². The zero-order chi connectivity index (χ0) is 13.9. The van der Waals surface area contributed by atoms with Gasteiger partial charge in [0, 0.05) is 11.8 Å². The first-order valence-electron chi connectivity index (χ1n) is 6.42. The fraction of sp³-hybridized carbons (Fsp3) is 0.562. The quantitative estimate of drug-likeness (QED) is 0.740. The van der Waals surface area contributed by atoms with E-state index in [0.717, 1.165) is 23.4 Å². The van der Waals surface area contributed by atoms with Gasteiger partial charge in [0.1, 0.15) is 0 Å². The van der Waals surface area contributed by atoms with Crippen molar-refractivity contribution in [2.75, 3.05) is 7.11 Å². The molecule has 0 atom stereocenters. The van der Waals surface area contributed by atoms with Crippen molar-refractivity contribution in [2.24, 2.45) is 5.41 Å². The Morgan fingerprint density at radius 2 is 1.89 bits per heavy atom. The minimum atomic E-state index is 0.289. The van der Waals surface area contributed by atoms with Gasteiger partial charge in [0.25, 0.3) is 0 Å². The van der Waals surface area contributed by atoms with Crippen molar-refractivity contribution in [1.29, 1.82) is 0 Å². The summed E-state index contributed by atoms with van der Waals surface area (Å²) < 4.78 is 5.28. The van der Waals surface area contributed by atoms with Crippen LogP contribution in [0.25, 0.3) is 5.57 Å². The van der Waals surface area contributed by atoms with Crippen LogP contribution in [-0.4, -0.2) is 12.1 Å². The van der Waals surface area contributed by atoms with Crippen LogP contribution in [-0.2, 0) is 11.2 Å². The molecule has 0 N–H and O–H groups in total. The molecule has 100 valence electrons. The lowest BCUT2D eigenvalue weighted by molar-refractivity contribution is 0.295. The number of rotatable bonds is 3. The zero-order valence-corrected chi connectivity index (χ0v) is 12.7. The van der Waals surface area contributed by atoms with Crippen LogP contribution in [0.4, 0.5) is 0 Å². The summed E-state index contributed by atoms with van der Waals surface area (Å²) in [5.74, 6) is 0.924. The smallest absolute Gasteiger partial charge is 0.0975 e. The average molecular weight is 247 g/mol. The summed E-state index contributed by atoms with van der Waals surface area (Å²) in [7, 11) is 1.70. The molecule has 0 saturated carbocycles. The van der Waals surface area contributed by atoms with Gasteiger partial charge in [0.2, 0.25) is 0 Å². The molecule has 18 heavy (non-hydrogen) atoms. The minimum Gasteiger partial charge on any atom is -0.501 e. The van der Waals surface area contributed by atoms with Crippen LogP contribution in [0.15, 0.2) is 18.0 Å². The van der Waals surface area contributed by atoms with E-state index in [9.17, 15) is 0 Å². The van der Waals surface area contributed by atoms with E-state index in [4.69, 9.17) is 4.74 Å². The first-order chi connectivity index (χ1) is 8.24. The van der Waals surface area contributed by atoms with Crippen LogP contribution in [0, 0.1) is 12.3 Å². The lowest BCUT2D eigenvalue weighted by Gasteiger charge is -2.20. The van der Waals surface area contributed by atoms with E-state index in [0.29, 0.717) is 0 Å². The van der Waals surface area contributed by atoms with Crippen LogP contribution in [0.5, 0.6) is 0 Å². The maximum atomic E-state index is 5.28. The van der Waals surface area contributed by atoms with E-state index in [2.05, 4.69) is 45.7 Å². The SMILES string of the molecule is CO/C(C)=C(/C)c1cc(CC(C)(C)C)c(C)cn1. The molecular weight excluding hydrogens is 222 g/mol. The third kappa shape index (κ3) is 3.86. The maximum Gasteiger partial charge on any atom is 0.0975 e. The molecule has 0 aliphatic rings. The average Bonchev–Trinajstić information content (AvgIpc) is 2.28. The highest BCUT2D eigenvalue weighted by Gasteiger charge is 2.14. The number of methoxy groups -OCH3 is 1. The fourth-order valence-corrected chi connectivity index (χ4v) is 1.87. The molecule has 0 aliphatic carbocycles. The van der Waals surface area contributed by atoms with Gasteiger partial charge in [0.05, 0.1) is 18.6 Å². The summed E-state index contributed by atoms with van der Waals surface area (Å²) in [5.41, 5.74) is 5.04. The first-order valence-corrected chi connectivity index (χ1v) is 6.42. The second kappa shape index (κ2) is 5.55. The van der Waals surface area contributed by atoms with Crippen molar-refractivity contribution in [3.05, 3.63) is 34.8 Å². The summed E-state index contributed by atoms with van der Waals surface area (Å²) >= 11 is 0. The molecular formula is C16H25NO. The highest BCUT2D eigenvalue weighted by molar-refractivity contribution is 5.63. The van der Waals surface area contributed by atoms with Gasteiger partial charge < -0.3 is 4.74 Å². The first kappa shape index (κ1) is 14.7. The monoisotopic (exact) mass is 247 g/mol. The second-order valence-corrected chi connectivity index (χ2v) is 6.12. The van der Waals surface area contributed by atoms with E-state index in [-0.39, 0.29) is 5.41 Å². The van der Waals surface area contributed by atoms with Crippen molar-refractivity contribution in [3.8, 4) is 0 Å². The Labute approximate surface area is 111 Å². The van der Waals surface area contributed by atoms with Gasteiger partial charge in [-0.05, 0) is 49.8 Å². The van der Waals surface area contributed by atoms with Crippen molar-refractivity contribution in [2.45, 2.75) is 48.0 Å². The molecule has 0 radical (unpaired) electrons. The third-order valence-electron chi connectivity index (χ3n) is 3.15. The molecule has 1 aromatic rings. The number of aromatic nitrogens is 1. The van der Waals surface area contributed by atoms with Crippen LogP contribution in [0.1, 0.15) is 51.4 Å². The van der Waals surface area contributed by atoms with Gasteiger partial charge in [-0.1, -0.05) is 20.8 Å². The number of nitrogens with zero attached hydrogens (tertiary/aromatic N) is 1. The Bertz CT molecular complexity index is 453. The predicted molar refractivity (Wildman–Crippen MR) is 77.4 cm³/mol. The van der Waals surface area contributed by atoms with Crippen molar-refractivity contribution in [3.63, 3.8) is 0 Å². The summed E-state index contributed by atoms with van der Waals surface area (Å²) in [6.45, 7) is 12.9. The van der Waals surface area contributed by atoms with Crippen molar-refractivity contribution >= 4 is 5.57 Å². The number of hydrogen-bond acceptors (Lipinski definition) is 2. The van der Waals surface area contributed by atoms with Gasteiger partial charge in [-0.3, -0.25) is 4.98 Å². The number of ether oxygens (including phenoxy) is 1. The topological polar surface area (TPSA) is 22.1 Å². The summed E-state index contributed by atoms with van der Waals surface area (Å²) in [6.07, 6.45) is 3.02. The number of aryl methyl sites for hydroxylation is 1. The highest BCUT2D eigenvalue weighted by Crippen LogP contribution is 2.25. The Balaban J connectivity index is 3.16. The molecule has 2 nitrogen and oxygen atoms in total. The zero-order valence-electron chi connectivity index (χ0n) is 12.7. The number of pyridine rings is 1. The van der Waals surface area contributed by atoms with Crippen LogP contribution < -0.4 is 0 Å². The van der Waals surface area contributed by atoms with Crippen LogP contribution >= 0.6 is 0 Å². The Morgan fingerprint density at radius 1 is 1.28 bits per heavy atom. The molecule has 0 saturated heterocycles. The molecule has 2 heteroatoms. The van der Waals surface area contributed by atoms with Gasteiger partial charge >= 0.3 is 0 Å². The van der Waals surface area contributed by atoms with Gasteiger partial charge in [0.15, 0.2) is 0 Å². The minimum absolute atomic E-state index is 0.289. The molecule has 1 rings (SSSR count). The van der Waals surface area contributed by atoms with Gasteiger partial charge in [-0.15, -0.1) is 0 Å². The second-order valence-electron chi connectivity index (χ2n) is 6.12. The molecule has 0 amide bonds. The summed E-state index contributed by atoms with van der Waals surface area (Å²) in [4.78, 5) is 4.50. The number of allylic oxidation sites excluding steroid dienone is 2. The number of hydrogen-bond donors (Lipinski definition) is 0. The van der Waals surface area contributed by atoms with E-state index < -0.39 is 0 Å². The standard InChI is InChI=1S/C16H25NO/c1-11-10-17-15(12(2)13(3)18-7)8-14(11)9-16(4,5)6/h8,10H,9H2,1-7H3/b13-12-. The Kier molecular flexibility index (Phi) is 4.55. The molecule has 0 fully saturated rings. The lowest BCUT2D eigenvalue weighted by Crippen LogP contribution is -2.11.